The maximum Gasteiger partial charge on any atom is 0.154 e. The van der Waals surface area contributed by atoms with Crippen LogP contribution in [0.5, 0.6) is 0 Å². The van der Waals surface area contributed by atoms with Gasteiger partial charge in [0.15, 0.2) is 5.76 Å². The summed E-state index contributed by atoms with van der Waals surface area (Å²) in [6.45, 7) is 2.81. The highest BCUT2D eigenvalue weighted by Crippen LogP contribution is 2.20. The van der Waals surface area contributed by atoms with E-state index >= 15 is 0 Å². The molecule has 4 nitrogen and oxygen atoms in total. The van der Waals surface area contributed by atoms with Crippen LogP contribution in [0.2, 0.25) is 0 Å². The Kier molecular flexibility index (Phi) is 2.33. The van der Waals surface area contributed by atoms with Crippen molar-refractivity contribution in [2.75, 3.05) is 20.6 Å². The molecule has 0 saturated carbocycles. The van der Waals surface area contributed by atoms with Crippen molar-refractivity contribution in [3.63, 3.8) is 0 Å². The number of rotatable bonds is 2. The molecule has 1 aromatic rings. The van der Waals surface area contributed by atoms with Gasteiger partial charge in [0, 0.05) is 18.7 Å². The quantitative estimate of drug-likeness (QED) is 0.716. The Morgan fingerprint density at radius 3 is 3.23 bits per heavy atom. The highest BCUT2D eigenvalue weighted by molar-refractivity contribution is 5.25. The van der Waals surface area contributed by atoms with Crippen LogP contribution >= 0.6 is 0 Å². The lowest BCUT2D eigenvalue weighted by atomic mass is 10.1. The average Bonchev–Trinajstić information content (AvgIpc) is 2.49. The zero-order chi connectivity index (χ0) is 9.26. The first-order chi connectivity index (χ1) is 6.31. The number of nitrogens with one attached hydrogen (secondary N) is 1. The van der Waals surface area contributed by atoms with Gasteiger partial charge in [0.05, 0.1) is 6.54 Å². The maximum atomic E-state index is 5.28. The molecule has 0 saturated heterocycles. The Balaban J connectivity index is 2.23. The molecule has 0 fully saturated rings. The molecule has 0 radical (unpaired) electrons. The van der Waals surface area contributed by atoms with Crippen LogP contribution in [0.15, 0.2) is 4.52 Å². The summed E-state index contributed by atoms with van der Waals surface area (Å²) in [4.78, 5) is 2.25. The van der Waals surface area contributed by atoms with Gasteiger partial charge in [-0.15, -0.1) is 0 Å². The van der Waals surface area contributed by atoms with Crippen LogP contribution in [0, 0.1) is 0 Å². The van der Waals surface area contributed by atoms with Gasteiger partial charge < -0.3 is 9.84 Å². The van der Waals surface area contributed by atoms with E-state index in [1.54, 1.807) is 0 Å². The summed E-state index contributed by atoms with van der Waals surface area (Å²) in [7, 11) is 4.03. The van der Waals surface area contributed by atoms with Crippen molar-refractivity contribution >= 4 is 0 Å². The molecule has 0 unspecified atom stereocenters. The van der Waals surface area contributed by atoms with Crippen molar-refractivity contribution in [2.24, 2.45) is 0 Å². The predicted molar refractivity (Wildman–Crippen MR) is 49.3 cm³/mol. The van der Waals surface area contributed by atoms with Gasteiger partial charge >= 0.3 is 0 Å². The molecule has 1 aromatic heterocycles. The third-order valence-electron chi connectivity index (χ3n) is 2.45. The normalized spacial score (nSPS) is 17.4. The second kappa shape index (κ2) is 3.47. The number of hydrogen-bond acceptors (Lipinski definition) is 4. The largest absolute Gasteiger partial charge is 0.359 e. The van der Waals surface area contributed by atoms with Crippen LogP contribution in [-0.2, 0) is 19.5 Å². The van der Waals surface area contributed by atoms with Crippen LogP contribution in [0.4, 0.5) is 0 Å². The zero-order valence-corrected chi connectivity index (χ0v) is 8.13. The molecule has 2 rings (SSSR count). The zero-order valence-electron chi connectivity index (χ0n) is 8.13. The molecule has 13 heavy (non-hydrogen) atoms. The second-order valence-corrected chi connectivity index (χ2v) is 3.55. The average molecular weight is 181 g/mol. The van der Waals surface area contributed by atoms with Crippen LogP contribution < -0.4 is 5.32 Å². The molecule has 72 valence electrons. The highest BCUT2D eigenvalue weighted by Gasteiger charge is 2.21. The minimum absolute atomic E-state index is 0.808. The first-order valence-corrected chi connectivity index (χ1v) is 4.60. The molecule has 0 spiro atoms. The molecule has 2 heterocycles. The van der Waals surface area contributed by atoms with Crippen LogP contribution in [0.1, 0.15) is 17.0 Å². The number of hydrogen-bond donors (Lipinski definition) is 1. The van der Waals surface area contributed by atoms with Crippen LogP contribution in [0.25, 0.3) is 0 Å². The van der Waals surface area contributed by atoms with Gasteiger partial charge in [0.2, 0.25) is 0 Å². The van der Waals surface area contributed by atoms with E-state index in [-0.39, 0.29) is 0 Å². The fourth-order valence-electron chi connectivity index (χ4n) is 1.72. The monoisotopic (exact) mass is 181 g/mol. The lowest BCUT2D eigenvalue weighted by Crippen LogP contribution is -2.26. The molecule has 0 aromatic carbocycles. The summed E-state index contributed by atoms with van der Waals surface area (Å²) in [5.74, 6) is 1.04. The van der Waals surface area contributed by atoms with Gasteiger partial charge in [0.25, 0.3) is 0 Å². The minimum atomic E-state index is 0.808. The summed E-state index contributed by atoms with van der Waals surface area (Å²) in [6, 6.07) is 0. The summed E-state index contributed by atoms with van der Waals surface area (Å²) in [5, 5.41) is 7.15. The fourth-order valence-corrected chi connectivity index (χ4v) is 1.72. The standard InChI is InChI=1S/C9H15N3O/c1-10-5-8-7-3-4-12(2)6-9(7)13-11-8/h10H,3-6H2,1-2H3. The van der Waals surface area contributed by atoms with Crippen molar-refractivity contribution in [2.45, 2.75) is 19.5 Å². The smallest absolute Gasteiger partial charge is 0.154 e. The molecular weight excluding hydrogens is 166 g/mol. The lowest BCUT2D eigenvalue weighted by molar-refractivity contribution is 0.257. The molecule has 0 aliphatic carbocycles. The minimum Gasteiger partial charge on any atom is -0.359 e. The van der Waals surface area contributed by atoms with E-state index in [4.69, 9.17) is 4.52 Å². The van der Waals surface area contributed by atoms with Crippen molar-refractivity contribution < 1.29 is 4.52 Å². The van der Waals surface area contributed by atoms with Gasteiger partial charge in [-0.3, -0.25) is 4.90 Å². The molecule has 4 heteroatoms. The molecule has 1 N–H and O–H groups in total. The Labute approximate surface area is 77.9 Å². The second-order valence-electron chi connectivity index (χ2n) is 3.55. The Morgan fingerprint density at radius 2 is 2.46 bits per heavy atom. The van der Waals surface area contributed by atoms with Gasteiger partial charge in [-0.1, -0.05) is 5.16 Å². The van der Waals surface area contributed by atoms with E-state index in [1.807, 2.05) is 7.05 Å². The van der Waals surface area contributed by atoms with Crippen molar-refractivity contribution in [3.8, 4) is 0 Å². The summed E-state index contributed by atoms with van der Waals surface area (Å²) >= 11 is 0. The summed E-state index contributed by atoms with van der Waals surface area (Å²) in [6.07, 6.45) is 1.06. The molecular formula is C9H15N3O. The number of likely N-dealkylation sites (N-methyl/N-ethyl adjacent to an activating group) is 1. The van der Waals surface area contributed by atoms with Crippen LogP contribution in [-0.4, -0.2) is 30.7 Å². The Morgan fingerprint density at radius 1 is 1.62 bits per heavy atom. The Bertz CT molecular complexity index is 282. The number of nitrogens with zero attached hydrogens (tertiary/aromatic N) is 2. The topological polar surface area (TPSA) is 41.3 Å². The molecule has 0 atom stereocenters. The van der Waals surface area contributed by atoms with E-state index in [0.29, 0.717) is 0 Å². The molecule has 1 aliphatic heterocycles. The summed E-state index contributed by atoms with van der Waals surface area (Å²) in [5.41, 5.74) is 2.39. The number of aromatic nitrogens is 1. The van der Waals surface area contributed by atoms with Crippen molar-refractivity contribution in [1.29, 1.82) is 0 Å². The van der Waals surface area contributed by atoms with E-state index in [1.165, 1.54) is 5.56 Å². The summed E-state index contributed by atoms with van der Waals surface area (Å²) < 4.78 is 5.28. The van der Waals surface area contributed by atoms with Gasteiger partial charge in [0.1, 0.15) is 5.69 Å². The third kappa shape index (κ3) is 1.59. The fraction of sp³-hybridized carbons (Fsp3) is 0.667. The molecule has 0 bridgehead atoms. The first kappa shape index (κ1) is 8.72. The van der Waals surface area contributed by atoms with E-state index < -0.39 is 0 Å². The first-order valence-electron chi connectivity index (χ1n) is 4.60. The molecule has 0 amide bonds. The van der Waals surface area contributed by atoms with Gasteiger partial charge in [-0.05, 0) is 20.5 Å². The maximum absolute atomic E-state index is 5.28. The van der Waals surface area contributed by atoms with Crippen molar-refractivity contribution in [3.05, 3.63) is 17.0 Å². The predicted octanol–water partition coefficient (Wildman–Crippen LogP) is 0.382. The van der Waals surface area contributed by atoms with Gasteiger partial charge in [-0.25, -0.2) is 0 Å². The Hall–Kier alpha value is -0.870. The highest BCUT2D eigenvalue weighted by atomic mass is 16.5. The SMILES string of the molecule is CNCc1noc2c1CCN(C)C2. The van der Waals surface area contributed by atoms with E-state index in [2.05, 4.69) is 22.4 Å². The molecule has 1 aliphatic rings. The van der Waals surface area contributed by atoms with E-state index in [9.17, 15) is 0 Å². The number of fused-ring (bicyclic) bond motifs is 1. The van der Waals surface area contributed by atoms with Crippen LogP contribution in [0.3, 0.4) is 0 Å². The van der Waals surface area contributed by atoms with Gasteiger partial charge in [-0.2, -0.15) is 0 Å². The van der Waals surface area contributed by atoms with Crippen molar-refractivity contribution in [1.82, 2.24) is 15.4 Å². The van der Waals surface area contributed by atoms with E-state index in [0.717, 1.165) is 37.5 Å². The lowest BCUT2D eigenvalue weighted by Gasteiger charge is -2.20. The third-order valence-corrected chi connectivity index (χ3v) is 2.45.